The highest BCUT2D eigenvalue weighted by molar-refractivity contribution is 6.08. The van der Waals surface area contributed by atoms with Crippen LogP contribution in [0.15, 0.2) is 24.3 Å². The maximum Gasteiger partial charge on any atom is 0.325 e. The summed E-state index contributed by atoms with van der Waals surface area (Å²) in [7, 11) is 1.61. The zero-order valence-corrected chi connectivity index (χ0v) is 17.5. The monoisotopic (exact) mass is 401 g/mol. The summed E-state index contributed by atoms with van der Waals surface area (Å²) in [5.41, 5.74) is 0.0478. The van der Waals surface area contributed by atoms with Crippen molar-refractivity contribution >= 4 is 17.8 Å². The van der Waals surface area contributed by atoms with Gasteiger partial charge in [-0.05, 0) is 56.2 Å². The number of imide groups is 1. The Labute approximate surface area is 172 Å². The third-order valence-corrected chi connectivity index (χ3v) is 6.18. The van der Waals surface area contributed by atoms with Crippen LogP contribution in [0.25, 0.3) is 0 Å². The lowest BCUT2D eigenvalue weighted by Crippen LogP contribution is -2.48. The van der Waals surface area contributed by atoms with Crippen LogP contribution >= 0.6 is 0 Å². The van der Waals surface area contributed by atoms with E-state index in [0.29, 0.717) is 18.8 Å². The molecule has 1 saturated carbocycles. The summed E-state index contributed by atoms with van der Waals surface area (Å²) >= 11 is 0. The first-order chi connectivity index (χ1) is 13.8. The Hall–Kier alpha value is -2.57. The van der Waals surface area contributed by atoms with E-state index in [9.17, 15) is 14.4 Å². The number of hydrogen-bond acceptors (Lipinski definition) is 4. The first-order valence-corrected chi connectivity index (χ1v) is 10.4. The quantitative estimate of drug-likeness (QED) is 0.688. The van der Waals surface area contributed by atoms with Gasteiger partial charge in [-0.3, -0.25) is 14.5 Å². The molecule has 2 N–H and O–H groups in total. The molecule has 0 aromatic heterocycles. The van der Waals surface area contributed by atoms with Crippen LogP contribution in [0.4, 0.5) is 4.79 Å². The highest BCUT2D eigenvalue weighted by Crippen LogP contribution is 2.25. The maximum atomic E-state index is 12.9. The minimum atomic E-state index is -1.00. The van der Waals surface area contributed by atoms with Gasteiger partial charge < -0.3 is 15.4 Å². The number of rotatable bonds is 7. The Morgan fingerprint density at radius 2 is 1.93 bits per heavy atom. The van der Waals surface area contributed by atoms with Crippen LogP contribution in [0.3, 0.4) is 0 Å². The number of aryl methyl sites for hydroxylation is 1. The SMILES string of the molecule is COc1ccc(CC[C@@]2(C)NC(=O)N(CC(=O)N[C@H]3CCCC[C@@H]3C)C2=O)cc1. The molecule has 7 heteroatoms. The molecule has 3 atom stereocenters. The first kappa shape index (κ1) is 21.1. The van der Waals surface area contributed by atoms with Gasteiger partial charge in [0.05, 0.1) is 7.11 Å². The van der Waals surface area contributed by atoms with E-state index in [0.717, 1.165) is 35.5 Å². The number of nitrogens with one attached hydrogen (secondary N) is 2. The fourth-order valence-corrected chi connectivity index (χ4v) is 4.17. The second kappa shape index (κ2) is 8.84. The summed E-state index contributed by atoms with van der Waals surface area (Å²) < 4.78 is 5.15. The Balaban J connectivity index is 1.56. The van der Waals surface area contributed by atoms with Crippen molar-refractivity contribution in [3.8, 4) is 5.75 Å². The van der Waals surface area contributed by atoms with Gasteiger partial charge in [-0.15, -0.1) is 0 Å². The number of nitrogens with zero attached hydrogens (tertiary/aromatic N) is 1. The van der Waals surface area contributed by atoms with Gasteiger partial charge in [-0.1, -0.05) is 31.9 Å². The number of amides is 4. The standard InChI is InChI=1S/C22H31N3O4/c1-15-6-4-5-7-18(15)23-19(26)14-25-20(27)22(2,24-21(25)28)13-12-16-8-10-17(29-3)11-9-16/h8-11,15,18H,4-7,12-14H2,1-3H3,(H,23,26)(H,24,28)/t15-,18-,22+/m0/s1. The van der Waals surface area contributed by atoms with Crippen molar-refractivity contribution in [2.45, 2.75) is 64.0 Å². The van der Waals surface area contributed by atoms with Crippen molar-refractivity contribution in [2.24, 2.45) is 5.92 Å². The largest absolute Gasteiger partial charge is 0.497 e. The molecule has 1 heterocycles. The molecule has 1 saturated heterocycles. The normalized spacial score (nSPS) is 26.9. The molecule has 4 amide bonds. The number of benzene rings is 1. The fraction of sp³-hybridized carbons (Fsp3) is 0.591. The Morgan fingerprint density at radius 3 is 2.59 bits per heavy atom. The average Bonchev–Trinajstić information content (AvgIpc) is 2.92. The number of urea groups is 1. The van der Waals surface area contributed by atoms with E-state index in [2.05, 4.69) is 17.6 Å². The summed E-state index contributed by atoms with van der Waals surface area (Å²) in [6, 6.07) is 7.25. The van der Waals surface area contributed by atoms with Crippen molar-refractivity contribution in [1.29, 1.82) is 0 Å². The molecule has 3 rings (SSSR count). The van der Waals surface area contributed by atoms with Crippen molar-refractivity contribution < 1.29 is 19.1 Å². The summed E-state index contributed by atoms with van der Waals surface area (Å²) in [6.45, 7) is 3.62. The van der Waals surface area contributed by atoms with Gasteiger partial charge in [0.25, 0.3) is 5.91 Å². The van der Waals surface area contributed by atoms with E-state index in [1.807, 2.05) is 24.3 Å². The Bertz CT molecular complexity index is 764. The molecule has 0 unspecified atom stereocenters. The van der Waals surface area contributed by atoms with Gasteiger partial charge in [-0.25, -0.2) is 4.79 Å². The molecule has 2 fully saturated rings. The van der Waals surface area contributed by atoms with Gasteiger partial charge in [0.15, 0.2) is 0 Å². The summed E-state index contributed by atoms with van der Waals surface area (Å²) in [5.74, 6) is 0.578. The zero-order valence-electron chi connectivity index (χ0n) is 17.5. The lowest BCUT2D eigenvalue weighted by molar-refractivity contribution is -0.135. The predicted molar refractivity (Wildman–Crippen MR) is 110 cm³/mol. The molecule has 158 valence electrons. The molecule has 0 radical (unpaired) electrons. The minimum absolute atomic E-state index is 0.124. The van der Waals surface area contributed by atoms with Crippen LogP contribution < -0.4 is 15.4 Å². The molecule has 29 heavy (non-hydrogen) atoms. The van der Waals surface area contributed by atoms with Gasteiger partial charge >= 0.3 is 6.03 Å². The second-order valence-corrected chi connectivity index (χ2v) is 8.44. The third-order valence-electron chi connectivity index (χ3n) is 6.18. The number of methoxy groups -OCH3 is 1. The smallest absolute Gasteiger partial charge is 0.325 e. The van der Waals surface area contributed by atoms with Gasteiger partial charge in [0.1, 0.15) is 17.8 Å². The number of carbonyl (C=O) groups excluding carboxylic acids is 3. The fourth-order valence-electron chi connectivity index (χ4n) is 4.17. The molecule has 1 aliphatic carbocycles. The van der Waals surface area contributed by atoms with E-state index in [-0.39, 0.29) is 24.4 Å². The Morgan fingerprint density at radius 1 is 1.24 bits per heavy atom. The van der Waals surface area contributed by atoms with Gasteiger partial charge in [-0.2, -0.15) is 0 Å². The lowest BCUT2D eigenvalue weighted by Gasteiger charge is -2.30. The molecule has 2 aliphatic rings. The number of carbonyl (C=O) groups is 3. The summed E-state index contributed by atoms with van der Waals surface area (Å²) in [5, 5.41) is 5.78. The van der Waals surface area contributed by atoms with E-state index in [1.165, 1.54) is 6.42 Å². The lowest BCUT2D eigenvalue weighted by atomic mass is 9.86. The van der Waals surface area contributed by atoms with Crippen LogP contribution in [-0.4, -0.2) is 48.0 Å². The summed E-state index contributed by atoms with van der Waals surface area (Å²) in [6.07, 6.45) is 5.42. The molecule has 1 aromatic rings. The molecule has 0 bridgehead atoms. The van der Waals surface area contributed by atoms with Gasteiger partial charge in [0, 0.05) is 6.04 Å². The molecule has 1 aromatic carbocycles. The van der Waals surface area contributed by atoms with Crippen molar-refractivity contribution in [1.82, 2.24) is 15.5 Å². The van der Waals surface area contributed by atoms with Crippen LogP contribution in [0, 0.1) is 5.92 Å². The highest BCUT2D eigenvalue weighted by atomic mass is 16.5. The molecule has 0 spiro atoms. The van der Waals surface area contributed by atoms with Crippen LogP contribution in [0.2, 0.25) is 0 Å². The molecule has 1 aliphatic heterocycles. The van der Waals surface area contributed by atoms with E-state index >= 15 is 0 Å². The minimum Gasteiger partial charge on any atom is -0.497 e. The van der Waals surface area contributed by atoms with E-state index < -0.39 is 11.6 Å². The molecule has 7 nitrogen and oxygen atoms in total. The van der Waals surface area contributed by atoms with Crippen LogP contribution in [0.1, 0.15) is 51.5 Å². The van der Waals surface area contributed by atoms with Crippen LogP contribution in [-0.2, 0) is 16.0 Å². The third kappa shape index (κ3) is 4.89. The molecular weight excluding hydrogens is 370 g/mol. The number of ether oxygens (including phenoxy) is 1. The van der Waals surface area contributed by atoms with Crippen molar-refractivity contribution in [3.63, 3.8) is 0 Å². The van der Waals surface area contributed by atoms with Crippen molar-refractivity contribution in [3.05, 3.63) is 29.8 Å². The van der Waals surface area contributed by atoms with Crippen molar-refractivity contribution in [2.75, 3.05) is 13.7 Å². The maximum absolute atomic E-state index is 12.9. The topological polar surface area (TPSA) is 87.7 Å². The average molecular weight is 402 g/mol. The second-order valence-electron chi connectivity index (χ2n) is 8.44. The highest BCUT2D eigenvalue weighted by Gasteiger charge is 2.48. The van der Waals surface area contributed by atoms with E-state index in [1.54, 1.807) is 14.0 Å². The zero-order chi connectivity index (χ0) is 21.0. The molecular formula is C22H31N3O4. The van der Waals surface area contributed by atoms with E-state index in [4.69, 9.17) is 4.74 Å². The summed E-state index contributed by atoms with van der Waals surface area (Å²) in [4.78, 5) is 38.8. The van der Waals surface area contributed by atoms with Gasteiger partial charge in [0.2, 0.25) is 5.91 Å². The number of hydrogen-bond donors (Lipinski definition) is 2. The van der Waals surface area contributed by atoms with Crippen LogP contribution in [0.5, 0.6) is 5.75 Å². The Kier molecular flexibility index (Phi) is 6.45. The predicted octanol–water partition coefficient (Wildman–Crippen LogP) is 2.63. The first-order valence-electron chi connectivity index (χ1n) is 10.4.